The lowest BCUT2D eigenvalue weighted by Crippen LogP contribution is -2.49. The van der Waals surface area contributed by atoms with Crippen molar-refractivity contribution in [2.45, 2.75) is 32.4 Å². The van der Waals surface area contributed by atoms with Crippen molar-refractivity contribution in [3.8, 4) is 5.75 Å². The van der Waals surface area contributed by atoms with E-state index in [0.717, 1.165) is 37.4 Å². The van der Waals surface area contributed by atoms with E-state index < -0.39 is 0 Å². The highest BCUT2D eigenvalue weighted by Gasteiger charge is 2.28. The number of rotatable bonds is 5. The van der Waals surface area contributed by atoms with E-state index in [9.17, 15) is 9.59 Å². The van der Waals surface area contributed by atoms with E-state index in [2.05, 4.69) is 16.1 Å². The van der Waals surface area contributed by atoms with E-state index in [1.807, 2.05) is 42.2 Å². The van der Waals surface area contributed by atoms with E-state index >= 15 is 0 Å². The Morgan fingerprint density at radius 1 is 1.00 bits per heavy atom. The molecule has 2 aliphatic rings. The Balaban J connectivity index is 1.37. The Hall–Kier alpha value is -3.35. The van der Waals surface area contributed by atoms with Gasteiger partial charge in [-0.25, -0.2) is 4.68 Å². The molecule has 3 aromatic rings. The zero-order chi connectivity index (χ0) is 21.4. The Labute approximate surface area is 180 Å². The van der Waals surface area contributed by atoms with Gasteiger partial charge in [-0.05, 0) is 38.0 Å². The molecule has 7 nitrogen and oxygen atoms in total. The molecule has 1 saturated heterocycles. The molecule has 0 bridgehead atoms. The molecular weight excluding hydrogens is 392 g/mol. The number of carbonyl (C=O) groups excluding carboxylic acids is 1. The van der Waals surface area contributed by atoms with E-state index in [4.69, 9.17) is 4.74 Å². The molecule has 2 heterocycles. The molecule has 1 amide bonds. The minimum atomic E-state index is -0.160. The van der Waals surface area contributed by atoms with Crippen LogP contribution < -0.4 is 15.2 Å². The third kappa shape index (κ3) is 3.76. The fourth-order valence-corrected chi connectivity index (χ4v) is 4.09. The van der Waals surface area contributed by atoms with Gasteiger partial charge in [0.15, 0.2) is 5.69 Å². The van der Waals surface area contributed by atoms with Crippen molar-refractivity contribution >= 4 is 22.4 Å². The lowest BCUT2D eigenvalue weighted by molar-refractivity contribution is 0.0740. The van der Waals surface area contributed by atoms with Gasteiger partial charge in [0.25, 0.3) is 11.5 Å². The monoisotopic (exact) mass is 418 g/mol. The van der Waals surface area contributed by atoms with Gasteiger partial charge in [0.05, 0.1) is 17.2 Å². The Morgan fingerprint density at radius 3 is 2.39 bits per heavy atom. The molecule has 0 unspecified atom stereocenters. The molecule has 31 heavy (non-hydrogen) atoms. The number of hydrogen-bond acceptors (Lipinski definition) is 5. The van der Waals surface area contributed by atoms with Crippen LogP contribution in [-0.2, 0) is 6.54 Å². The molecular formula is C24H26N4O3. The van der Waals surface area contributed by atoms with E-state index in [1.165, 1.54) is 4.68 Å². The van der Waals surface area contributed by atoms with E-state index in [1.54, 1.807) is 12.1 Å². The Kier molecular flexibility index (Phi) is 5.10. The van der Waals surface area contributed by atoms with Crippen molar-refractivity contribution in [1.29, 1.82) is 0 Å². The van der Waals surface area contributed by atoms with Crippen LogP contribution >= 0.6 is 0 Å². The first-order valence-corrected chi connectivity index (χ1v) is 11.0. The Morgan fingerprint density at radius 2 is 1.68 bits per heavy atom. The summed E-state index contributed by atoms with van der Waals surface area (Å²) in [6.45, 7) is 4.92. The van der Waals surface area contributed by atoms with Crippen molar-refractivity contribution in [3.63, 3.8) is 0 Å². The van der Waals surface area contributed by atoms with Gasteiger partial charge in [-0.15, -0.1) is 0 Å². The molecule has 0 spiro atoms. The molecule has 7 heteroatoms. The van der Waals surface area contributed by atoms with Crippen molar-refractivity contribution in [1.82, 2.24) is 14.7 Å². The first kappa shape index (κ1) is 19.6. The van der Waals surface area contributed by atoms with Crippen LogP contribution in [0.15, 0.2) is 53.3 Å². The number of amides is 1. The van der Waals surface area contributed by atoms with Crippen LogP contribution in [0.5, 0.6) is 5.75 Å². The summed E-state index contributed by atoms with van der Waals surface area (Å²) < 4.78 is 7.45. The normalized spacial score (nSPS) is 16.5. The summed E-state index contributed by atoms with van der Waals surface area (Å²) >= 11 is 0. The van der Waals surface area contributed by atoms with Crippen molar-refractivity contribution in [2.24, 2.45) is 0 Å². The van der Waals surface area contributed by atoms with Crippen LogP contribution in [0.3, 0.4) is 0 Å². The first-order valence-electron chi connectivity index (χ1n) is 11.0. The van der Waals surface area contributed by atoms with Crippen LogP contribution in [0.4, 0.5) is 5.69 Å². The number of nitrogens with zero attached hydrogens (tertiary/aromatic N) is 4. The van der Waals surface area contributed by atoms with Crippen LogP contribution in [0.25, 0.3) is 10.8 Å². The topological polar surface area (TPSA) is 67.7 Å². The highest BCUT2D eigenvalue weighted by molar-refractivity contribution is 6.04. The lowest BCUT2D eigenvalue weighted by Gasteiger charge is -2.36. The van der Waals surface area contributed by atoms with Gasteiger partial charge in [0, 0.05) is 38.1 Å². The zero-order valence-electron chi connectivity index (χ0n) is 17.7. The molecule has 1 aliphatic carbocycles. The van der Waals surface area contributed by atoms with Crippen molar-refractivity contribution < 1.29 is 9.53 Å². The quantitative estimate of drug-likeness (QED) is 0.637. The molecule has 1 saturated carbocycles. The van der Waals surface area contributed by atoms with Crippen LogP contribution in [0.2, 0.25) is 0 Å². The number of carbonyl (C=O) groups is 1. The number of aryl methyl sites for hydroxylation is 1. The highest BCUT2D eigenvalue weighted by atomic mass is 16.5. The average molecular weight is 418 g/mol. The molecule has 1 aliphatic heterocycles. The first-order chi connectivity index (χ1) is 15.2. The molecule has 0 atom stereocenters. The summed E-state index contributed by atoms with van der Waals surface area (Å²) in [4.78, 5) is 30.1. The molecule has 2 fully saturated rings. The van der Waals surface area contributed by atoms with Gasteiger partial charge in [-0.3, -0.25) is 9.59 Å². The smallest absolute Gasteiger partial charge is 0.275 e. The molecule has 0 N–H and O–H groups in total. The van der Waals surface area contributed by atoms with Crippen molar-refractivity contribution in [3.05, 3.63) is 64.6 Å². The summed E-state index contributed by atoms with van der Waals surface area (Å²) in [5, 5.41) is 5.56. The second kappa shape index (κ2) is 8.06. The molecule has 2 aromatic carbocycles. The summed E-state index contributed by atoms with van der Waals surface area (Å²) in [6.07, 6.45) is 2.59. The number of benzene rings is 2. The van der Waals surface area contributed by atoms with Crippen LogP contribution in [0, 0.1) is 0 Å². The second-order valence-corrected chi connectivity index (χ2v) is 8.08. The predicted octanol–water partition coefficient (Wildman–Crippen LogP) is 2.92. The van der Waals surface area contributed by atoms with Gasteiger partial charge >= 0.3 is 0 Å². The summed E-state index contributed by atoms with van der Waals surface area (Å²) in [5.41, 5.74) is 1.28. The van der Waals surface area contributed by atoms with Gasteiger partial charge in [0.2, 0.25) is 0 Å². The van der Waals surface area contributed by atoms with E-state index in [-0.39, 0.29) is 11.5 Å². The average Bonchev–Trinajstić information content (AvgIpc) is 3.64. The van der Waals surface area contributed by atoms with Crippen LogP contribution in [0.1, 0.15) is 30.3 Å². The minimum absolute atomic E-state index is 0.124. The number of hydrogen-bond donors (Lipinski definition) is 0. The lowest BCUT2D eigenvalue weighted by atomic mass is 10.1. The predicted molar refractivity (Wildman–Crippen MR) is 120 cm³/mol. The second-order valence-electron chi connectivity index (χ2n) is 8.08. The van der Waals surface area contributed by atoms with Crippen LogP contribution in [-0.4, -0.2) is 52.9 Å². The number of aromatic nitrogens is 2. The highest BCUT2D eigenvalue weighted by Crippen LogP contribution is 2.34. The fourth-order valence-electron chi connectivity index (χ4n) is 4.09. The third-order valence-electron chi connectivity index (χ3n) is 5.96. The van der Waals surface area contributed by atoms with Gasteiger partial charge < -0.3 is 14.5 Å². The maximum Gasteiger partial charge on any atom is 0.275 e. The van der Waals surface area contributed by atoms with Gasteiger partial charge in [-0.2, -0.15) is 5.10 Å². The van der Waals surface area contributed by atoms with Crippen molar-refractivity contribution in [2.75, 3.05) is 31.1 Å². The summed E-state index contributed by atoms with van der Waals surface area (Å²) in [6, 6.07) is 15.4. The maximum atomic E-state index is 13.4. The number of ether oxygens (including phenoxy) is 1. The SMILES string of the molecule is CCn1nc(C(=O)N2CCN(c3ccccc3OC3CC3)CC2)c2ccccc2c1=O. The Bertz CT molecular complexity index is 1180. The number of para-hydroxylation sites is 2. The van der Waals surface area contributed by atoms with Gasteiger partial charge in [0.1, 0.15) is 5.75 Å². The third-order valence-corrected chi connectivity index (χ3v) is 5.96. The van der Waals surface area contributed by atoms with E-state index in [0.29, 0.717) is 42.2 Å². The number of anilines is 1. The minimum Gasteiger partial charge on any atom is -0.488 e. The number of piperazine rings is 1. The fraction of sp³-hybridized carbons (Fsp3) is 0.375. The molecule has 5 rings (SSSR count). The summed E-state index contributed by atoms with van der Waals surface area (Å²) in [7, 11) is 0. The molecule has 160 valence electrons. The summed E-state index contributed by atoms with van der Waals surface area (Å²) in [5.74, 6) is 0.799. The van der Waals surface area contributed by atoms with Gasteiger partial charge in [-0.1, -0.05) is 30.3 Å². The zero-order valence-corrected chi connectivity index (χ0v) is 17.7. The molecule has 1 aromatic heterocycles. The largest absolute Gasteiger partial charge is 0.488 e. The number of fused-ring (bicyclic) bond motifs is 1. The standard InChI is InChI=1S/C24H26N4O3/c1-2-28-23(29)19-8-4-3-7-18(19)22(25-28)24(30)27-15-13-26(14-16-27)20-9-5-6-10-21(20)31-17-11-12-17/h3-10,17H,2,11-16H2,1H3. The molecule has 0 radical (unpaired) electrons. The maximum absolute atomic E-state index is 13.4.